The molecule has 1 aliphatic heterocycles. The minimum atomic E-state index is -0.288. The second-order valence-electron chi connectivity index (χ2n) is 5.63. The van der Waals surface area contributed by atoms with Crippen molar-refractivity contribution in [2.75, 3.05) is 24.7 Å². The molecular formula is C16H18N4O2. The van der Waals surface area contributed by atoms with Gasteiger partial charge >= 0.3 is 0 Å². The number of rotatable bonds is 3. The molecule has 3 rings (SSSR count). The molecular weight excluding hydrogens is 280 g/mol. The first kappa shape index (κ1) is 14.5. The molecule has 1 N–H and O–H groups in total. The quantitative estimate of drug-likeness (QED) is 0.914. The van der Waals surface area contributed by atoms with Gasteiger partial charge in [0.25, 0.3) is 5.56 Å². The molecule has 0 amide bonds. The predicted octanol–water partition coefficient (Wildman–Crippen LogP) is 0.999. The lowest BCUT2D eigenvalue weighted by Crippen LogP contribution is -2.47. The molecule has 0 atom stereocenters. The Balaban J connectivity index is 2.02. The Labute approximate surface area is 128 Å². The zero-order chi connectivity index (χ0) is 15.5. The maximum atomic E-state index is 12.6. The molecule has 6 nitrogen and oxygen atoms in total. The molecule has 0 spiro atoms. The van der Waals surface area contributed by atoms with E-state index in [0.717, 1.165) is 43.3 Å². The Bertz CT molecular complexity index is 770. The van der Waals surface area contributed by atoms with Crippen LogP contribution in [-0.2, 0) is 0 Å². The zero-order valence-electron chi connectivity index (χ0n) is 12.3. The van der Waals surface area contributed by atoms with Crippen molar-refractivity contribution < 1.29 is 5.11 Å². The summed E-state index contributed by atoms with van der Waals surface area (Å²) < 4.78 is 1.59. The molecule has 0 radical (unpaired) electrons. The number of aliphatic hydroxyl groups is 1. The van der Waals surface area contributed by atoms with Crippen LogP contribution in [0.25, 0.3) is 10.9 Å². The average Bonchev–Trinajstić information content (AvgIpc) is 2.56. The van der Waals surface area contributed by atoms with E-state index in [-0.39, 0.29) is 17.7 Å². The largest absolute Gasteiger partial charge is 0.396 e. The van der Waals surface area contributed by atoms with Gasteiger partial charge in [-0.2, -0.15) is 5.26 Å². The second kappa shape index (κ2) is 6.16. The standard InChI is InChI=1S/C16H18N4O2/c17-10-14-9-13-1-5-18-11-15(13)20(16(14)22)19-6-2-12(3-7-19)4-8-21/h1,5,9,11-12,21H,2-4,6-8H2. The third kappa shape index (κ3) is 2.55. The summed E-state index contributed by atoms with van der Waals surface area (Å²) in [4.78, 5) is 16.7. The Hall–Kier alpha value is -2.39. The molecule has 114 valence electrons. The van der Waals surface area contributed by atoms with Crippen LogP contribution in [0.1, 0.15) is 24.8 Å². The molecule has 0 saturated carbocycles. The summed E-state index contributed by atoms with van der Waals surface area (Å²) in [5, 5.41) is 21.1. The van der Waals surface area contributed by atoms with Crippen LogP contribution < -0.4 is 10.6 Å². The van der Waals surface area contributed by atoms with Crippen LogP contribution in [0.4, 0.5) is 0 Å². The highest BCUT2D eigenvalue weighted by Gasteiger charge is 2.22. The zero-order valence-corrected chi connectivity index (χ0v) is 12.3. The van der Waals surface area contributed by atoms with Crippen molar-refractivity contribution in [3.8, 4) is 6.07 Å². The third-order valence-corrected chi connectivity index (χ3v) is 4.32. The molecule has 0 unspecified atom stereocenters. The highest BCUT2D eigenvalue weighted by atomic mass is 16.3. The van der Waals surface area contributed by atoms with E-state index in [2.05, 4.69) is 4.98 Å². The second-order valence-corrected chi connectivity index (χ2v) is 5.63. The maximum Gasteiger partial charge on any atom is 0.287 e. The highest BCUT2D eigenvalue weighted by Crippen LogP contribution is 2.21. The maximum absolute atomic E-state index is 12.6. The van der Waals surface area contributed by atoms with E-state index in [4.69, 9.17) is 5.11 Å². The lowest BCUT2D eigenvalue weighted by Gasteiger charge is -2.35. The fourth-order valence-electron chi connectivity index (χ4n) is 3.09. The SMILES string of the molecule is N#Cc1cc2ccncc2n(N2CCC(CCO)CC2)c1=O. The Morgan fingerprint density at radius 2 is 2.18 bits per heavy atom. The van der Waals surface area contributed by atoms with Crippen molar-refractivity contribution in [1.29, 1.82) is 5.26 Å². The van der Waals surface area contributed by atoms with Crippen molar-refractivity contribution in [3.05, 3.63) is 40.4 Å². The summed E-state index contributed by atoms with van der Waals surface area (Å²) in [6, 6.07) is 5.41. The first-order valence-corrected chi connectivity index (χ1v) is 7.50. The van der Waals surface area contributed by atoms with Gasteiger partial charge in [0.2, 0.25) is 0 Å². The van der Waals surface area contributed by atoms with Crippen LogP contribution in [-0.4, -0.2) is 34.5 Å². The highest BCUT2D eigenvalue weighted by molar-refractivity contribution is 5.79. The summed E-state index contributed by atoms with van der Waals surface area (Å²) in [6.07, 6.45) is 6.00. The number of fused-ring (bicyclic) bond motifs is 1. The average molecular weight is 298 g/mol. The molecule has 0 aliphatic carbocycles. The lowest BCUT2D eigenvalue weighted by molar-refractivity contribution is 0.234. The third-order valence-electron chi connectivity index (χ3n) is 4.32. The van der Waals surface area contributed by atoms with E-state index in [0.29, 0.717) is 5.92 Å². The monoisotopic (exact) mass is 298 g/mol. The fourth-order valence-corrected chi connectivity index (χ4v) is 3.09. The smallest absolute Gasteiger partial charge is 0.287 e. The fraction of sp³-hybridized carbons (Fsp3) is 0.438. The Kier molecular flexibility index (Phi) is 4.07. The molecule has 6 heteroatoms. The topological polar surface area (TPSA) is 82.2 Å². The van der Waals surface area contributed by atoms with Crippen LogP contribution in [0, 0.1) is 17.2 Å². The van der Waals surface area contributed by atoms with Crippen LogP contribution in [0.2, 0.25) is 0 Å². The summed E-state index contributed by atoms with van der Waals surface area (Å²) in [6.45, 7) is 1.69. The van der Waals surface area contributed by atoms with E-state index in [1.807, 2.05) is 17.1 Å². The first-order chi connectivity index (χ1) is 10.7. The van der Waals surface area contributed by atoms with E-state index in [1.54, 1.807) is 23.1 Å². The molecule has 3 heterocycles. The molecule has 2 aromatic heterocycles. The van der Waals surface area contributed by atoms with Gasteiger partial charge in [0, 0.05) is 31.3 Å². The predicted molar refractivity (Wildman–Crippen MR) is 83.1 cm³/mol. The van der Waals surface area contributed by atoms with Gasteiger partial charge in [0.1, 0.15) is 11.6 Å². The number of nitrogens with zero attached hydrogens (tertiary/aromatic N) is 4. The molecule has 0 aromatic carbocycles. The van der Waals surface area contributed by atoms with Crippen molar-refractivity contribution in [1.82, 2.24) is 9.66 Å². The summed E-state index contributed by atoms with van der Waals surface area (Å²) >= 11 is 0. The van der Waals surface area contributed by atoms with Crippen LogP contribution in [0.3, 0.4) is 0 Å². The van der Waals surface area contributed by atoms with E-state index < -0.39 is 0 Å². The lowest BCUT2D eigenvalue weighted by atomic mass is 9.95. The first-order valence-electron chi connectivity index (χ1n) is 7.50. The minimum absolute atomic E-state index is 0.149. The Morgan fingerprint density at radius 3 is 2.86 bits per heavy atom. The van der Waals surface area contributed by atoms with Gasteiger partial charge in [-0.05, 0) is 37.3 Å². The molecule has 0 bridgehead atoms. The number of piperidine rings is 1. The number of pyridine rings is 2. The van der Waals surface area contributed by atoms with Crippen molar-refractivity contribution >= 4 is 10.9 Å². The van der Waals surface area contributed by atoms with Gasteiger partial charge < -0.3 is 10.1 Å². The number of hydrogen-bond donors (Lipinski definition) is 1. The van der Waals surface area contributed by atoms with Gasteiger partial charge in [0.05, 0.1) is 11.7 Å². The van der Waals surface area contributed by atoms with Crippen molar-refractivity contribution in [2.45, 2.75) is 19.3 Å². The summed E-state index contributed by atoms with van der Waals surface area (Å²) in [7, 11) is 0. The minimum Gasteiger partial charge on any atom is -0.396 e. The van der Waals surface area contributed by atoms with Gasteiger partial charge in [0.15, 0.2) is 0 Å². The number of aromatic nitrogens is 2. The molecule has 1 saturated heterocycles. The number of nitriles is 1. The number of aliphatic hydroxyl groups excluding tert-OH is 1. The normalized spacial score (nSPS) is 15.9. The van der Waals surface area contributed by atoms with E-state index in [9.17, 15) is 10.1 Å². The van der Waals surface area contributed by atoms with Gasteiger partial charge in [-0.25, -0.2) is 4.68 Å². The van der Waals surface area contributed by atoms with Crippen LogP contribution in [0.15, 0.2) is 29.3 Å². The molecule has 1 fully saturated rings. The summed E-state index contributed by atoms with van der Waals surface area (Å²) in [5.41, 5.74) is 0.590. The molecule has 1 aliphatic rings. The van der Waals surface area contributed by atoms with Crippen molar-refractivity contribution in [3.63, 3.8) is 0 Å². The Morgan fingerprint density at radius 1 is 1.41 bits per heavy atom. The molecule has 22 heavy (non-hydrogen) atoms. The summed E-state index contributed by atoms with van der Waals surface area (Å²) in [5.74, 6) is 0.500. The van der Waals surface area contributed by atoms with Crippen LogP contribution in [0.5, 0.6) is 0 Å². The van der Waals surface area contributed by atoms with E-state index in [1.165, 1.54) is 0 Å². The van der Waals surface area contributed by atoms with Gasteiger partial charge in [-0.15, -0.1) is 0 Å². The van der Waals surface area contributed by atoms with Gasteiger partial charge in [-0.3, -0.25) is 9.78 Å². The number of hydrogen-bond acceptors (Lipinski definition) is 5. The van der Waals surface area contributed by atoms with Gasteiger partial charge in [-0.1, -0.05) is 0 Å². The molecule has 2 aromatic rings. The van der Waals surface area contributed by atoms with Crippen molar-refractivity contribution in [2.24, 2.45) is 5.92 Å². The van der Waals surface area contributed by atoms with Crippen LogP contribution >= 0.6 is 0 Å². The van der Waals surface area contributed by atoms with E-state index >= 15 is 0 Å².